The number of amides is 1. The lowest BCUT2D eigenvalue weighted by atomic mass is 10.2. The number of hydrogen-bond donors (Lipinski definition) is 0. The molecule has 0 saturated carbocycles. The molecule has 0 spiro atoms. The zero-order valence-corrected chi connectivity index (χ0v) is 13.0. The lowest BCUT2D eigenvalue weighted by Gasteiger charge is -2.24. The Morgan fingerprint density at radius 2 is 2.29 bits per heavy atom. The van der Waals surface area contributed by atoms with Crippen molar-refractivity contribution in [3.05, 3.63) is 51.3 Å². The lowest BCUT2D eigenvalue weighted by Crippen LogP contribution is -2.38. The Balaban J connectivity index is 2.10. The van der Waals surface area contributed by atoms with E-state index in [1.165, 1.54) is 10.8 Å². The summed E-state index contributed by atoms with van der Waals surface area (Å²) in [6.07, 6.45) is 3.02. The molecule has 1 amide bonds. The molecule has 2 aromatic heterocycles. The van der Waals surface area contributed by atoms with Crippen LogP contribution in [0.4, 0.5) is 0 Å². The Bertz CT molecular complexity index is 634. The van der Waals surface area contributed by atoms with Gasteiger partial charge in [-0.15, -0.1) is 0 Å². The number of carbonyl (C=O) groups excluding carboxylic acids is 1. The molecule has 2 rings (SSSR count). The van der Waals surface area contributed by atoms with Crippen LogP contribution in [0.1, 0.15) is 19.4 Å². The first kappa shape index (κ1) is 15.4. The standard InChI is InChI=1S/C15H19N3O2S/c1-12(2)8-18(9-13-4-7-21-11-13)14(19)10-17-6-3-5-16-15(17)20/h3-7,11-12H,8-10H2,1-2H3. The summed E-state index contributed by atoms with van der Waals surface area (Å²) in [5.41, 5.74) is 0.721. The summed E-state index contributed by atoms with van der Waals surface area (Å²) in [6.45, 7) is 5.43. The van der Waals surface area contributed by atoms with E-state index in [0.29, 0.717) is 19.0 Å². The summed E-state index contributed by atoms with van der Waals surface area (Å²) in [4.78, 5) is 29.5. The van der Waals surface area contributed by atoms with Gasteiger partial charge in [0.05, 0.1) is 0 Å². The molecule has 0 radical (unpaired) electrons. The quantitative estimate of drug-likeness (QED) is 0.820. The van der Waals surface area contributed by atoms with Crippen LogP contribution in [0.3, 0.4) is 0 Å². The van der Waals surface area contributed by atoms with Crippen molar-refractivity contribution in [2.75, 3.05) is 6.54 Å². The van der Waals surface area contributed by atoms with E-state index < -0.39 is 5.69 Å². The van der Waals surface area contributed by atoms with Crippen LogP contribution in [-0.2, 0) is 17.9 Å². The first-order chi connectivity index (χ1) is 10.1. The summed E-state index contributed by atoms with van der Waals surface area (Å²) >= 11 is 1.62. The number of carbonyl (C=O) groups is 1. The molecule has 21 heavy (non-hydrogen) atoms. The highest BCUT2D eigenvalue weighted by atomic mass is 32.1. The van der Waals surface area contributed by atoms with Gasteiger partial charge in [-0.3, -0.25) is 9.36 Å². The minimum Gasteiger partial charge on any atom is -0.337 e. The third-order valence-electron chi connectivity index (χ3n) is 2.98. The van der Waals surface area contributed by atoms with Crippen LogP contribution < -0.4 is 5.69 Å². The fourth-order valence-electron chi connectivity index (χ4n) is 2.05. The van der Waals surface area contributed by atoms with Crippen LogP contribution in [0.15, 0.2) is 40.1 Å². The molecular formula is C15H19N3O2S. The zero-order chi connectivity index (χ0) is 15.2. The largest absolute Gasteiger partial charge is 0.347 e. The van der Waals surface area contributed by atoms with Crippen LogP contribution in [-0.4, -0.2) is 26.9 Å². The summed E-state index contributed by atoms with van der Waals surface area (Å²) in [5.74, 6) is 0.309. The van der Waals surface area contributed by atoms with Gasteiger partial charge in [-0.2, -0.15) is 11.3 Å². The number of hydrogen-bond acceptors (Lipinski definition) is 4. The number of thiophene rings is 1. The fraction of sp³-hybridized carbons (Fsp3) is 0.400. The second-order valence-electron chi connectivity index (χ2n) is 5.33. The molecule has 2 aromatic rings. The Morgan fingerprint density at radius 3 is 2.90 bits per heavy atom. The lowest BCUT2D eigenvalue weighted by molar-refractivity contribution is -0.133. The van der Waals surface area contributed by atoms with Crippen molar-refractivity contribution < 1.29 is 4.79 Å². The number of nitrogens with zero attached hydrogens (tertiary/aromatic N) is 3. The van der Waals surface area contributed by atoms with Crippen LogP contribution >= 0.6 is 11.3 Å². The molecular weight excluding hydrogens is 286 g/mol. The van der Waals surface area contributed by atoms with Gasteiger partial charge in [0.2, 0.25) is 5.91 Å². The molecule has 0 aromatic carbocycles. The topological polar surface area (TPSA) is 55.2 Å². The second kappa shape index (κ2) is 7.17. The normalized spacial score (nSPS) is 10.8. The minimum absolute atomic E-state index is 0.0313. The van der Waals surface area contributed by atoms with E-state index in [2.05, 4.69) is 18.8 Å². The molecule has 0 fully saturated rings. The van der Waals surface area contributed by atoms with E-state index in [1.54, 1.807) is 28.5 Å². The molecule has 0 aliphatic carbocycles. The molecule has 0 saturated heterocycles. The molecule has 112 valence electrons. The maximum Gasteiger partial charge on any atom is 0.347 e. The van der Waals surface area contributed by atoms with Gasteiger partial charge in [0.15, 0.2) is 0 Å². The summed E-state index contributed by atoms with van der Waals surface area (Å²) in [5, 5.41) is 4.04. The summed E-state index contributed by atoms with van der Waals surface area (Å²) < 4.78 is 1.34. The predicted octanol–water partition coefficient (Wildman–Crippen LogP) is 1.99. The van der Waals surface area contributed by atoms with Gasteiger partial charge in [0, 0.05) is 25.5 Å². The molecule has 0 aliphatic heterocycles. The van der Waals surface area contributed by atoms with Gasteiger partial charge in [-0.05, 0) is 34.4 Å². The van der Waals surface area contributed by atoms with Gasteiger partial charge in [-0.25, -0.2) is 9.78 Å². The van der Waals surface area contributed by atoms with E-state index in [-0.39, 0.29) is 12.5 Å². The monoisotopic (exact) mass is 305 g/mol. The Kier molecular flexibility index (Phi) is 5.27. The molecule has 6 heteroatoms. The SMILES string of the molecule is CC(C)CN(Cc1ccsc1)C(=O)Cn1cccnc1=O. The van der Waals surface area contributed by atoms with Crippen LogP contribution in [0.25, 0.3) is 0 Å². The van der Waals surface area contributed by atoms with Gasteiger partial charge in [-0.1, -0.05) is 13.8 Å². The molecule has 2 heterocycles. The van der Waals surface area contributed by atoms with Crippen molar-refractivity contribution in [2.24, 2.45) is 5.92 Å². The van der Waals surface area contributed by atoms with E-state index >= 15 is 0 Å². The second-order valence-corrected chi connectivity index (χ2v) is 6.11. The summed E-state index contributed by atoms with van der Waals surface area (Å²) in [7, 11) is 0. The third kappa shape index (κ3) is 4.53. The number of rotatable bonds is 6. The average molecular weight is 305 g/mol. The molecule has 0 aliphatic rings. The highest BCUT2D eigenvalue weighted by Crippen LogP contribution is 2.11. The van der Waals surface area contributed by atoms with E-state index in [9.17, 15) is 9.59 Å². The van der Waals surface area contributed by atoms with Crippen LogP contribution in [0.5, 0.6) is 0 Å². The van der Waals surface area contributed by atoms with Gasteiger partial charge < -0.3 is 4.90 Å². The Morgan fingerprint density at radius 1 is 1.48 bits per heavy atom. The molecule has 0 bridgehead atoms. The van der Waals surface area contributed by atoms with Gasteiger partial charge >= 0.3 is 5.69 Å². The maximum atomic E-state index is 12.5. The predicted molar refractivity (Wildman–Crippen MR) is 83.1 cm³/mol. The third-order valence-corrected chi connectivity index (χ3v) is 3.71. The molecule has 5 nitrogen and oxygen atoms in total. The summed E-state index contributed by atoms with van der Waals surface area (Å²) in [6, 6.07) is 3.67. The minimum atomic E-state index is -0.397. The van der Waals surface area contributed by atoms with E-state index in [0.717, 1.165) is 5.56 Å². The van der Waals surface area contributed by atoms with Crippen LogP contribution in [0, 0.1) is 5.92 Å². The highest BCUT2D eigenvalue weighted by molar-refractivity contribution is 7.07. The van der Waals surface area contributed by atoms with Gasteiger partial charge in [0.25, 0.3) is 0 Å². The van der Waals surface area contributed by atoms with Crippen molar-refractivity contribution >= 4 is 17.2 Å². The Labute approximate surface area is 127 Å². The average Bonchev–Trinajstić information content (AvgIpc) is 2.93. The van der Waals surface area contributed by atoms with Crippen molar-refractivity contribution in [1.29, 1.82) is 0 Å². The Hall–Kier alpha value is -1.95. The van der Waals surface area contributed by atoms with Crippen molar-refractivity contribution in [3.63, 3.8) is 0 Å². The van der Waals surface area contributed by atoms with Crippen LogP contribution in [0.2, 0.25) is 0 Å². The van der Waals surface area contributed by atoms with Crippen molar-refractivity contribution in [3.8, 4) is 0 Å². The zero-order valence-electron chi connectivity index (χ0n) is 12.2. The van der Waals surface area contributed by atoms with Crippen molar-refractivity contribution in [2.45, 2.75) is 26.9 Å². The smallest absolute Gasteiger partial charge is 0.337 e. The molecule has 0 unspecified atom stereocenters. The molecule has 0 N–H and O–H groups in total. The van der Waals surface area contributed by atoms with Crippen molar-refractivity contribution in [1.82, 2.24) is 14.5 Å². The van der Waals surface area contributed by atoms with E-state index in [4.69, 9.17) is 0 Å². The molecule has 0 atom stereocenters. The first-order valence-corrected chi connectivity index (χ1v) is 7.81. The van der Waals surface area contributed by atoms with E-state index in [1.807, 2.05) is 16.8 Å². The maximum absolute atomic E-state index is 12.5. The first-order valence-electron chi connectivity index (χ1n) is 6.86. The van der Waals surface area contributed by atoms with Gasteiger partial charge in [0.1, 0.15) is 6.54 Å². The fourth-order valence-corrected chi connectivity index (χ4v) is 2.71. The number of aromatic nitrogens is 2. The highest BCUT2D eigenvalue weighted by Gasteiger charge is 2.16.